The quantitative estimate of drug-likeness (QED) is 0.595. The Morgan fingerprint density at radius 2 is 2.03 bits per heavy atom. The van der Waals surface area contributed by atoms with Gasteiger partial charge in [0.15, 0.2) is 5.76 Å². The number of allylic oxidation sites excluding steroid dienone is 1. The summed E-state index contributed by atoms with van der Waals surface area (Å²) in [6.45, 7) is 4.87. The zero-order valence-corrected chi connectivity index (χ0v) is 19.1. The van der Waals surface area contributed by atoms with Crippen molar-refractivity contribution < 1.29 is 14.6 Å². The van der Waals surface area contributed by atoms with Crippen LogP contribution in [-0.4, -0.2) is 33.4 Å². The number of Topliss-reactive ketones (excluding diaryl/α,β-unsaturated/α-hetero) is 1. The zero-order chi connectivity index (χ0) is 22.7. The molecule has 1 saturated heterocycles. The maximum atomic E-state index is 13.0. The fourth-order valence-electron chi connectivity index (χ4n) is 5.45. The molecular formula is C26H24N2O4S. The highest BCUT2D eigenvalue weighted by molar-refractivity contribution is 7.11. The Morgan fingerprint density at radius 1 is 1.15 bits per heavy atom. The molecule has 2 aromatic heterocycles. The molecule has 0 unspecified atom stereocenters. The number of pyridine rings is 1. The molecule has 1 fully saturated rings. The summed E-state index contributed by atoms with van der Waals surface area (Å²) in [6.07, 6.45) is 2.87. The second kappa shape index (κ2) is 7.71. The summed E-state index contributed by atoms with van der Waals surface area (Å²) in [4.78, 5) is 28.6. The van der Waals surface area contributed by atoms with Gasteiger partial charge in [-0.15, -0.1) is 11.3 Å². The van der Waals surface area contributed by atoms with Crippen LogP contribution >= 0.6 is 11.3 Å². The first kappa shape index (κ1) is 20.4. The highest BCUT2D eigenvalue weighted by atomic mass is 32.1. The fraction of sp³-hybridized carbons (Fsp3) is 0.308. The van der Waals surface area contributed by atoms with Crippen molar-refractivity contribution >= 4 is 23.2 Å². The molecule has 1 N–H and O–H groups in total. The van der Waals surface area contributed by atoms with E-state index in [-0.39, 0.29) is 23.0 Å². The summed E-state index contributed by atoms with van der Waals surface area (Å²) in [5, 5.41) is 12.7. The SMILES string of the molecule is Cc1ccsc1/C=C1\Oc2c(ccc(O)c2CN2C[C@H]3C[C@@H](C2)c2cccc(=O)n2C3)C1=O. The van der Waals surface area contributed by atoms with Gasteiger partial charge in [-0.05, 0) is 54.5 Å². The Hall–Kier alpha value is -3.16. The zero-order valence-electron chi connectivity index (χ0n) is 18.3. The lowest BCUT2D eigenvalue weighted by atomic mass is 9.83. The highest BCUT2D eigenvalue weighted by Gasteiger charge is 2.36. The molecular weight excluding hydrogens is 436 g/mol. The number of likely N-dealkylation sites (tertiary alicyclic amines) is 1. The molecule has 0 amide bonds. The average Bonchev–Trinajstić information content (AvgIpc) is 3.34. The molecule has 2 atom stereocenters. The van der Waals surface area contributed by atoms with Crippen molar-refractivity contribution in [2.75, 3.05) is 13.1 Å². The molecule has 3 aliphatic heterocycles. The molecule has 6 rings (SSSR count). The number of hydrogen-bond donors (Lipinski definition) is 1. The number of fused-ring (bicyclic) bond motifs is 5. The molecule has 1 aromatic carbocycles. The number of piperidine rings is 1. The lowest BCUT2D eigenvalue weighted by molar-refractivity contribution is 0.101. The molecule has 0 aliphatic carbocycles. The van der Waals surface area contributed by atoms with Gasteiger partial charge in [-0.25, -0.2) is 0 Å². The standard InChI is InChI=1S/C26H24N2O4S/c1-15-7-8-33-23(15)10-22-25(31)18-5-6-21(29)19(26(18)32-22)14-27-11-16-9-17(13-27)20-3-2-4-24(30)28(20)12-16/h2-8,10,16-17,29H,9,11-14H2,1H3/b22-10-/t16-,17+/m1/s1. The van der Waals surface area contributed by atoms with Gasteiger partial charge >= 0.3 is 0 Å². The van der Waals surface area contributed by atoms with Crippen LogP contribution in [0.15, 0.2) is 52.3 Å². The smallest absolute Gasteiger partial charge is 0.250 e. The Morgan fingerprint density at radius 3 is 2.85 bits per heavy atom. The van der Waals surface area contributed by atoms with Crippen molar-refractivity contribution in [3.63, 3.8) is 0 Å². The van der Waals surface area contributed by atoms with Crippen molar-refractivity contribution in [2.24, 2.45) is 5.92 Å². The Balaban J connectivity index is 1.29. The van der Waals surface area contributed by atoms with Crippen LogP contribution < -0.4 is 10.3 Å². The highest BCUT2D eigenvalue weighted by Crippen LogP contribution is 2.42. The topological polar surface area (TPSA) is 71.8 Å². The van der Waals surface area contributed by atoms with E-state index in [1.165, 1.54) is 0 Å². The molecule has 0 radical (unpaired) electrons. The van der Waals surface area contributed by atoms with Gasteiger partial charge in [-0.1, -0.05) is 6.07 Å². The Labute approximate surface area is 195 Å². The van der Waals surface area contributed by atoms with Crippen LogP contribution in [0.4, 0.5) is 0 Å². The number of hydrogen-bond acceptors (Lipinski definition) is 6. The van der Waals surface area contributed by atoms with Crippen LogP contribution in [0.3, 0.4) is 0 Å². The van der Waals surface area contributed by atoms with E-state index in [1.54, 1.807) is 35.6 Å². The molecule has 0 saturated carbocycles. The van der Waals surface area contributed by atoms with E-state index >= 15 is 0 Å². The second-order valence-corrected chi connectivity index (χ2v) is 10.2. The van der Waals surface area contributed by atoms with E-state index in [1.807, 2.05) is 29.0 Å². The molecule has 33 heavy (non-hydrogen) atoms. The lowest BCUT2D eigenvalue weighted by Gasteiger charge is -2.42. The minimum atomic E-state index is -0.150. The first-order chi connectivity index (χ1) is 16.0. The number of phenolic OH excluding ortho intramolecular Hbond substituents is 1. The number of aromatic hydroxyl groups is 1. The van der Waals surface area contributed by atoms with E-state index in [4.69, 9.17) is 4.74 Å². The number of rotatable bonds is 3. The molecule has 5 heterocycles. The Bertz CT molecular complexity index is 1370. The number of carbonyl (C=O) groups is 1. The van der Waals surface area contributed by atoms with Crippen molar-refractivity contribution in [3.8, 4) is 11.5 Å². The number of ketones is 1. The summed E-state index contributed by atoms with van der Waals surface area (Å²) in [6, 6.07) is 10.8. The van der Waals surface area contributed by atoms with Crippen LogP contribution in [0.25, 0.3) is 6.08 Å². The molecule has 6 nitrogen and oxygen atoms in total. The molecule has 168 valence electrons. The summed E-state index contributed by atoms with van der Waals surface area (Å²) in [7, 11) is 0. The van der Waals surface area contributed by atoms with Crippen LogP contribution in [0, 0.1) is 12.8 Å². The number of carbonyl (C=O) groups excluding carboxylic acids is 1. The van der Waals surface area contributed by atoms with Gasteiger partial charge in [-0.3, -0.25) is 14.5 Å². The minimum absolute atomic E-state index is 0.0707. The van der Waals surface area contributed by atoms with Crippen LogP contribution in [0.5, 0.6) is 11.5 Å². The molecule has 3 aromatic rings. The van der Waals surface area contributed by atoms with Gasteiger partial charge in [0.1, 0.15) is 11.5 Å². The van der Waals surface area contributed by atoms with E-state index < -0.39 is 0 Å². The number of aromatic nitrogens is 1. The third-order valence-electron chi connectivity index (χ3n) is 7.02. The number of aryl methyl sites for hydroxylation is 1. The second-order valence-electron chi connectivity index (χ2n) is 9.24. The van der Waals surface area contributed by atoms with E-state index in [0.29, 0.717) is 35.1 Å². The molecule has 3 aliphatic rings. The largest absolute Gasteiger partial charge is 0.507 e. The maximum Gasteiger partial charge on any atom is 0.250 e. The van der Waals surface area contributed by atoms with Crippen LogP contribution in [0.1, 0.15) is 44.4 Å². The predicted octanol–water partition coefficient (Wildman–Crippen LogP) is 4.16. The van der Waals surface area contributed by atoms with Crippen molar-refractivity contribution in [1.29, 1.82) is 0 Å². The molecule has 7 heteroatoms. The minimum Gasteiger partial charge on any atom is -0.507 e. The lowest BCUT2D eigenvalue weighted by Crippen LogP contribution is -2.46. The van der Waals surface area contributed by atoms with E-state index in [2.05, 4.69) is 11.0 Å². The van der Waals surface area contributed by atoms with E-state index in [0.717, 1.165) is 42.2 Å². The van der Waals surface area contributed by atoms with Gasteiger partial charge in [0.05, 0.1) is 11.1 Å². The normalized spacial score (nSPS) is 22.8. The number of benzene rings is 1. The summed E-state index contributed by atoms with van der Waals surface area (Å²) in [5.41, 5.74) is 3.41. The van der Waals surface area contributed by atoms with Gasteiger partial charge in [0.2, 0.25) is 5.78 Å². The van der Waals surface area contributed by atoms with Gasteiger partial charge < -0.3 is 14.4 Å². The summed E-state index contributed by atoms with van der Waals surface area (Å²) >= 11 is 1.57. The number of thiophene rings is 1. The predicted molar refractivity (Wildman–Crippen MR) is 127 cm³/mol. The van der Waals surface area contributed by atoms with Crippen molar-refractivity contribution in [2.45, 2.75) is 32.4 Å². The van der Waals surface area contributed by atoms with Gasteiger partial charge in [0, 0.05) is 54.8 Å². The number of phenols is 1. The first-order valence-electron chi connectivity index (χ1n) is 11.2. The Kier molecular flexibility index (Phi) is 4.78. The average molecular weight is 461 g/mol. The first-order valence-corrected chi connectivity index (χ1v) is 12.1. The van der Waals surface area contributed by atoms with Crippen molar-refractivity contribution in [1.82, 2.24) is 9.47 Å². The third-order valence-corrected chi connectivity index (χ3v) is 7.98. The summed E-state index contributed by atoms with van der Waals surface area (Å²) < 4.78 is 7.97. The summed E-state index contributed by atoms with van der Waals surface area (Å²) in [5.74, 6) is 1.42. The van der Waals surface area contributed by atoms with Crippen LogP contribution in [0.2, 0.25) is 0 Å². The van der Waals surface area contributed by atoms with Gasteiger partial charge in [0.25, 0.3) is 5.56 Å². The third kappa shape index (κ3) is 3.43. The fourth-order valence-corrected chi connectivity index (χ4v) is 6.30. The molecule has 2 bridgehead atoms. The van der Waals surface area contributed by atoms with Gasteiger partial charge in [-0.2, -0.15) is 0 Å². The van der Waals surface area contributed by atoms with Crippen molar-refractivity contribution in [3.05, 3.63) is 85.2 Å². The maximum absolute atomic E-state index is 13.0. The number of ether oxygens (including phenoxy) is 1. The van der Waals surface area contributed by atoms with Crippen LogP contribution in [-0.2, 0) is 13.1 Å². The monoisotopic (exact) mass is 460 g/mol. The molecule has 0 spiro atoms. The number of nitrogens with zero attached hydrogens (tertiary/aromatic N) is 2. The van der Waals surface area contributed by atoms with E-state index in [9.17, 15) is 14.7 Å².